The molecule has 2 N–H and O–H groups in total. The molecule has 1 aromatic rings. The molecule has 1 rings (SSSR count). The molecule has 0 heterocycles. The van der Waals surface area contributed by atoms with Crippen LogP contribution in [-0.4, -0.2) is 23.0 Å². The predicted octanol–water partition coefficient (Wildman–Crippen LogP) is 2.75. The molecule has 110 valence electrons. The number of halogens is 2. The van der Waals surface area contributed by atoms with Crippen molar-refractivity contribution < 1.29 is 19.1 Å². The molecule has 0 aliphatic rings. The Balaban J connectivity index is 2.51. The number of carbonyl (C=O) groups excluding carboxylic acids is 1. The lowest BCUT2D eigenvalue weighted by Gasteiger charge is -2.17. The van der Waals surface area contributed by atoms with Crippen molar-refractivity contribution in [2.45, 2.75) is 32.7 Å². The van der Waals surface area contributed by atoms with Crippen molar-refractivity contribution in [1.29, 1.82) is 0 Å². The minimum atomic E-state index is -0.953. The van der Waals surface area contributed by atoms with Crippen LogP contribution < -0.4 is 5.32 Å². The van der Waals surface area contributed by atoms with Crippen LogP contribution in [0.5, 0.6) is 0 Å². The lowest BCUT2D eigenvalue weighted by atomic mass is 10.0. The van der Waals surface area contributed by atoms with Gasteiger partial charge in [-0.1, -0.05) is 15.9 Å². The molecule has 1 aromatic carbocycles. The van der Waals surface area contributed by atoms with Crippen LogP contribution in [0.2, 0.25) is 0 Å². The fourth-order valence-corrected chi connectivity index (χ4v) is 2.09. The summed E-state index contributed by atoms with van der Waals surface area (Å²) in [5, 5.41) is 11.5. The van der Waals surface area contributed by atoms with Gasteiger partial charge in [-0.25, -0.2) is 4.39 Å². The van der Waals surface area contributed by atoms with Gasteiger partial charge < -0.3 is 10.4 Å². The van der Waals surface area contributed by atoms with E-state index in [-0.39, 0.29) is 18.1 Å². The Morgan fingerprint density at radius 1 is 1.40 bits per heavy atom. The van der Waals surface area contributed by atoms with E-state index < -0.39 is 17.9 Å². The minimum absolute atomic E-state index is 0.179. The van der Waals surface area contributed by atoms with Crippen molar-refractivity contribution in [2.75, 3.05) is 0 Å². The third kappa shape index (κ3) is 4.92. The fraction of sp³-hybridized carbons (Fsp3) is 0.429. The van der Waals surface area contributed by atoms with Gasteiger partial charge in [0.15, 0.2) is 0 Å². The zero-order chi connectivity index (χ0) is 15.3. The van der Waals surface area contributed by atoms with Crippen molar-refractivity contribution in [3.63, 3.8) is 0 Å². The Labute approximate surface area is 125 Å². The fourth-order valence-electron chi connectivity index (χ4n) is 1.65. The minimum Gasteiger partial charge on any atom is -0.481 e. The summed E-state index contributed by atoms with van der Waals surface area (Å²) in [6.45, 7) is 3.19. The van der Waals surface area contributed by atoms with Gasteiger partial charge in [-0.2, -0.15) is 0 Å². The molecule has 0 fully saturated rings. The number of benzene rings is 1. The molecule has 4 nitrogen and oxygen atoms in total. The Morgan fingerprint density at radius 2 is 2.05 bits per heavy atom. The average Bonchev–Trinajstić information content (AvgIpc) is 2.38. The van der Waals surface area contributed by atoms with Crippen LogP contribution in [0.15, 0.2) is 22.7 Å². The maximum Gasteiger partial charge on any atom is 0.308 e. The highest BCUT2D eigenvalue weighted by Gasteiger charge is 2.20. The summed E-state index contributed by atoms with van der Waals surface area (Å²) in [6, 6.07) is 3.86. The van der Waals surface area contributed by atoms with Crippen molar-refractivity contribution in [3.8, 4) is 0 Å². The Bertz CT molecular complexity index is 507. The lowest BCUT2D eigenvalue weighted by molar-refractivity contribution is -0.142. The first-order chi connectivity index (χ1) is 9.31. The van der Waals surface area contributed by atoms with Crippen molar-refractivity contribution in [3.05, 3.63) is 34.1 Å². The molecule has 0 spiro atoms. The number of aliphatic carboxylic acids is 1. The third-order valence-electron chi connectivity index (χ3n) is 3.16. The Morgan fingerprint density at radius 3 is 2.65 bits per heavy atom. The maximum absolute atomic E-state index is 13.1. The zero-order valence-corrected chi connectivity index (χ0v) is 12.9. The highest BCUT2D eigenvalue weighted by molar-refractivity contribution is 9.10. The van der Waals surface area contributed by atoms with E-state index in [0.717, 1.165) is 4.47 Å². The molecule has 0 bridgehead atoms. The van der Waals surface area contributed by atoms with Gasteiger partial charge in [-0.3, -0.25) is 9.59 Å². The van der Waals surface area contributed by atoms with Crippen LogP contribution >= 0.6 is 15.9 Å². The zero-order valence-electron chi connectivity index (χ0n) is 11.3. The van der Waals surface area contributed by atoms with Gasteiger partial charge in [-0.15, -0.1) is 0 Å². The molecular formula is C14H17BrFNO3. The summed E-state index contributed by atoms with van der Waals surface area (Å²) in [5.74, 6) is -2.20. The SMILES string of the molecule is CC(NC(=O)CCc1cc(F)ccc1Br)C(C)C(=O)O. The summed E-state index contributed by atoms with van der Waals surface area (Å²) >= 11 is 3.30. The van der Waals surface area contributed by atoms with Crippen molar-refractivity contribution in [1.82, 2.24) is 5.32 Å². The molecule has 0 saturated heterocycles. The first-order valence-corrected chi connectivity index (χ1v) is 7.06. The van der Waals surface area contributed by atoms with E-state index in [9.17, 15) is 14.0 Å². The quantitative estimate of drug-likeness (QED) is 0.832. The summed E-state index contributed by atoms with van der Waals surface area (Å²) < 4.78 is 13.8. The van der Waals surface area contributed by atoms with E-state index in [2.05, 4.69) is 21.2 Å². The van der Waals surface area contributed by atoms with Gasteiger partial charge in [-0.05, 0) is 44.0 Å². The highest BCUT2D eigenvalue weighted by Crippen LogP contribution is 2.19. The van der Waals surface area contributed by atoms with Gasteiger partial charge in [0, 0.05) is 16.9 Å². The highest BCUT2D eigenvalue weighted by atomic mass is 79.9. The number of carbonyl (C=O) groups is 2. The number of rotatable bonds is 6. The average molecular weight is 346 g/mol. The first kappa shape index (κ1) is 16.6. The Kier molecular flexibility index (Phi) is 6.13. The van der Waals surface area contributed by atoms with Crippen molar-refractivity contribution >= 4 is 27.8 Å². The largest absolute Gasteiger partial charge is 0.481 e. The van der Waals surface area contributed by atoms with Crippen molar-refractivity contribution in [2.24, 2.45) is 5.92 Å². The summed E-state index contributed by atoms with van der Waals surface area (Å²) in [5.41, 5.74) is 0.707. The second-order valence-corrected chi connectivity index (χ2v) is 5.57. The number of carboxylic acid groups (broad SMARTS) is 1. The molecule has 0 saturated carbocycles. The van der Waals surface area contributed by atoms with Crippen LogP contribution in [0, 0.1) is 11.7 Å². The number of aryl methyl sites for hydroxylation is 1. The second-order valence-electron chi connectivity index (χ2n) is 4.72. The van der Waals surface area contributed by atoms with E-state index in [1.165, 1.54) is 19.1 Å². The summed E-state index contributed by atoms with van der Waals surface area (Å²) in [6.07, 6.45) is 0.567. The smallest absolute Gasteiger partial charge is 0.308 e. The second kappa shape index (κ2) is 7.38. The number of amides is 1. The molecule has 0 aliphatic carbocycles. The van der Waals surface area contributed by atoms with Crippen LogP contribution in [0.4, 0.5) is 4.39 Å². The van der Waals surface area contributed by atoms with Crippen LogP contribution in [-0.2, 0) is 16.0 Å². The summed E-state index contributed by atoms with van der Waals surface area (Å²) in [7, 11) is 0. The molecule has 6 heteroatoms. The van der Waals surface area contributed by atoms with Gasteiger partial charge in [0.1, 0.15) is 5.82 Å². The first-order valence-electron chi connectivity index (χ1n) is 6.27. The predicted molar refractivity (Wildman–Crippen MR) is 76.8 cm³/mol. The summed E-state index contributed by atoms with van der Waals surface area (Å²) in [4.78, 5) is 22.5. The normalized spacial score (nSPS) is 13.6. The number of hydrogen-bond donors (Lipinski definition) is 2. The molecule has 2 unspecified atom stereocenters. The van der Waals surface area contributed by atoms with Gasteiger partial charge in [0.25, 0.3) is 0 Å². The number of nitrogens with one attached hydrogen (secondary N) is 1. The number of carboxylic acids is 1. The molecule has 1 amide bonds. The topological polar surface area (TPSA) is 66.4 Å². The number of hydrogen-bond acceptors (Lipinski definition) is 2. The van der Waals surface area contributed by atoms with Gasteiger partial charge >= 0.3 is 5.97 Å². The molecule has 20 heavy (non-hydrogen) atoms. The van der Waals surface area contributed by atoms with Gasteiger partial charge in [0.05, 0.1) is 5.92 Å². The van der Waals surface area contributed by atoms with Crippen LogP contribution in [0.25, 0.3) is 0 Å². The Hall–Kier alpha value is -1.43. The molecule has 0 radical (unpaired) electrons. The molecular weight excluding hydrogens is 329 g/mol. The van der Waals surface area contributed by atoms with E-state index in [4.69, 9.17) is 5.11 Å². The van der Waals surface area contributed by atoms with E-state index in [0.29, 0.717) is 12.0 Å². The van der Waals surface area contributed by atoms with E-state index in [1.807, 2.05) is 0 Å². The molecule has 0 aliphatic heterocycles. The van der Waals surface area contributed by atoms with Crippen LogP contribution in [0.1, 0.15) is 25.8 Å². The van der Waals surface area contributed by atoms with E-state index in [1.54, 1.807) is 13.0 Å². The monoisotopic (exact) mass is 345 g/mol. The maximum atomic E-state index is 13.1. The van der Waals surface area contributed by atoms with Crippen LogP contribution in [0.3, 0.4) is 0 Å². The molecule has 2 atom stereocenters. The third-order valence-corrected chi connectivity index (χ3v) is 3.93. The van der Waals surface area contributed by atoms with Gasteiger partial charge in [0.2, 0.25) is 5.91 Å². The standard InChI is InChI=1S/C14H17BrFNO3/c1-8(14(19)20)9(2)17-13(18)6-3-10-7-11(16)4-5-12(10)15/h4-5,7-9H,3,6H2,1-2H3,(H,17,18)(H,19,20). The van der Waals surface area contributed by atoms with E-state index >= 15 is 0 Å². The molecule has 0 aromatic heterocycles. The lowest BCUT2D eigenvalue weighted by Crippen LogP contribution is -2.40.